The average molecular weight is 521 g/mol. The molecule has 0 saturated carbocycles. The van der Waals surface area contributed by atoms with Crippen molar-refractivity contribution >= 4 is 11.4 Å². The van der Waals surface area contributed by atoms with Gasteiger partial charge in [-0.25, -0.2) is 0 Å². The summed E-state index contributed by atoms with van der Waals surface area (Å²) in [6.45, 7) is 12.5. The summed E-state index contributed by atoms with van der Waals surface area (Å²) in [4.78, 5) is 3.89. The van der Waals surface area contributed by atoms with Gasteiger partial charge in [-0.1, -0.05) is 35.4 Å². The Morgan fingerprint density at radius 2 is 0.865 bits per heavy atom. The maximum Gasteiger partial charge on any atom is 0.416 e. The molecule has 1 heterocycles. The number of anilines is 2. The minimum absolute atomic E-state index is 0.0431. The lowest BCUT2D eigenvalue weighted by Crippen LogP contribution is -2.33. The fourth-order valence-electron chi connectivity index (χ4n) is 5.84. The van der Waals surface area contributed by atoms with Crippen LogP contribution in [0.1, 0.15) is 56.2 Å². The first-order chi connectivity index (χ1) is 17.1. The number of alkyl halides is 6. The lowest BCUT2D eigenvalue weighted by Gasteiger charge is -2.37. The van der Waals surface area contributed by atoms with Gasteiger partial charge in [-0.05, 0) is 87.6 Å². The van der Waals surface area contributed by atoms with E-state index >= 15 is 0 Å². The molecule has 198 valence electrons. The van der Waals surface area contributed by atoms with Crippen LogP contribution in [0.2, 0.25) is 0 Å². The molecule has 2 nitrogen and oxygen atoms in total. The highest BCUT2D eigenvalue weighted by Crippen LogP contribution is 2.45. The molecule has 4 rings (SSSR count). The molecule has 0 bridgehead atoms. The summed E-state index contributed by atoms with van der Waals surface area (Å²) in [5.74, 6) is 0. The van der Waals surface area contributed by atoms with E-state index in [9.17, 15) is 26.3 Å². The van der Waals surface area contributed by atoms with E-state index in [0.717, 1.165) is 56.9 Å². The van der Waals surface area contributed by atoms with E-state index in [-0.39, 0.29) is 11.6 Å². The summed E-state index contributed by atoms with van der Waals surface area (Å²) < 4.78 is 82.9. The minimum Gasteiger partial charge on any atom is -0.345 e. The van der Waals surface area contributed by atoms with Crippen molar-refractivity contribution in [3.05, 3.63) is 92.5 Å². The molecular weight excluding hydrogens is 490 g/mol. The Labute approximate surface area is 213 Å². The molecule has 0 N–H and O–H groups in total. The Balaban J connectivity index is 2.01. The van der Waals surface area contributed by atoms with Crippen LogP contribution in [0.15, 0.2) is 42.5 Å². The highest BCUT2D eigenvalue weighted by atomic mass is 19.4. The monoisotopic (exact) mass is 520 g/mol. The van der Waals surface area contributed by atoms with E-state index in [1.165, 1.54) is 0 Å². The largest absolute Gasteiger partial charge is 0.416 e. The Morgan fingerprint density at radius 3 is 1.16 bits per heavy atom. The summed E-state index contributed by atoms with van der Waals surface area (Å²) in [6, 6.07) is 9.86. The highest BCUT2D eigenvalue weighted by Gasteiger charge is 2.41. The number of hydrogen-bond acceptors (Lipinski definition) is 2. The minimum atomic E-state index is -4.92. The van der Waals surface area contributed by atoms with E-state index in [0.29, 0.717) is 13.1 Å². The first-order valence-corrected chi connectivity index (χ1v) is 12.1. The zero-order chi connectivity index (χ0) is 27.4. The molecule has 3 aromatic rings. The van der Waals surface area contributed by atoms with Gasteiger partial charge in [0.2, 0.25) is 0 Å². The lowest BCUT2D eigenvalue weighted by molar-refractivity contribution is -0.143. The third-order valence-electron chi connectivity index (χ3n) is 6.93. The molecule has 0 amide bonds. The van der Waals surface area contributed by atoms with Crippen molar-refractivity contribution in [2.75, 3.05) is 22.9 Å². The summed E-state index contributed by atoms with van der Waals surface area (Å²) in [7, 11) is 0. The molecular formula is C29H30F6N2. The maximum atomic E-state index is 13.8. The van der Waals surface area contributed by atoms with Gasteiger partial charge in [-0.15, -0.1) is 0 Å². The second kappa shape index (κ2) is 9.30. The van der Waals surface area contributed by atoms with Crippen molar-refractivity contribution in [2.45, 2.75) is 60.1 Å². The van der Waals surface area contributed by atoms with Gasteiger partial charge >= 0.3 is 12.4 Å². The van der Waals surface area contributed by atoms with Crippen molar-refractivity contribution < 1.29 is 26.3 Å². The predicted molar refractivity (Wildman–Crippen MR) is 135 cm³/mol. The molecule has 0 aromatic heterocycles. The number of rotatable bonds is 3. The summed E-state index contributed by atoms with van der Waals surface area (Å²) in [5, 5.41) is 0. The van der Waals surface area contributed by atoms with Crippen LogP contribution in [0, 0.1) is 41.5 Å². The summed E-state index contributed by atoms with van der Waals surface area (Å²) in [5.41, 5.74) is 4.75. The number of benzene rings is 3. The summed E-state index contributed by atoms with van der Waals surface area (Å²) >= 11 is 0. The molecule has 1 aliphatic heterocycles. The third kappa shape index (κ3) is 5.15. The van der Waals surface area contributed by atoms with Gasteiger partial charge in [-0.3, -0.25) is 0 Å². The van der Waals surface area contributed by atoms with Crippen LogP contribution in [-0.4, -0.2) is 13.1 Å². The molecule has 0 atom stereocenters. The molecule has 1 fully saturated rings. The fourth-order valence-corrected chi connectivity index (χ4v) is 5.84. The normalized spacial score (nSPS) is 15.1. The van der Waals surface area contributed by atoms with E-state index in [1.807, 2.05) is 75.6 Å². The number of hydrogen-bond donors (Lipinski definition) is 0. The van der Waals surface area contributed by atoms with Gasteiger partial charge in [0.25, 0.3) is 0 Å². The second-order valence-electron chi connectivity index (χ2n) is 10.1. The molecule has 3 aromatic carbocycles. The highest BCUT2D eigenvalue weighted by molar-refractivity contribution is 5.69. The zero-order valence-electron chi connectivity index (χ0n) is 21.7. The Hall–Kier alpha value is -3.16. The smallest absolute Gasteiger partial charge is 0.345 e. The van der Waals surface area contributed by atoms with Gasteiger partial charge in [-0.2, -0.15) is 26.3 Å². The van der Waals surface area contributed by atoms with E-state index in [1.54, 1.807) is 0 Å². The quantitative estimate of drug-likeness (QED) is 0.319. The first-order valence-electron chi connectivity index (χ1n) is 12.1. The number of aryl methyl sites for hydroxylation is 6. The van der Waals surface area contributed by atoms with Crippen LogP contribution < -0.4 is 9.80 Å². The topological polar surface area (TPSA) is 6.48 Å². The van der Waals surface area contributed by atoms with Gasteiger partial charge in [0, 0.05) is 24.5 Å². The van der Waals surface area contributed by atoms with E-state index in [2.05, 4.69) is 0 Å². The van der Waals surface area contributed by atoms with Crippen molar-refractivity contribution in [3.63, 3.8) is 0 Å². The maximum absolute atomic E-state index is 13.8. The fraction of sp³-hybridized carbons (Fsp3) is 0.379. The Morgan fingerprint density at radius 1 is 0.541 bits per heavy atom. The van der Waals surface area contributed by atoms with Crippen molar-refractivity contribution in [3.8, 4) is 0 Å². The van der Waals surface area contributed by atoms with Gasteiger partial charge in [0.05, 0.1) is 11.1 Å². The van der Waals surface area contributed by atoms with Crippen LogP contribution >= 0.6 is 0 Å². The molecule has 0 aliphatic carbocycles. The first kappa shape index (κ1) is 26.9. The second-order valence-corrected chi connectivity index (χ2v) is 10.1. The molecule has 0 spiro atoms. The van der Waals surface area contributed by atoms with Gasteiger partial charge in [0.15, 0.2) is 0 Å². The van der Waals surface area contributed by atoms with Crippen LogP contribution in [0.3, 0.4) is 0 Å². The van der Waals surface area contributed by atoms with Gasteiger partial charge < -0.3 is 9.80 Å². The molecule has 0 radical (unpaired) electrons. The lowest BCUT2D eigenvalue weighted by atomic mass is 9.98. The average Bonchev–Trinajstić information content (AvgIpc) is 3.14. The SMILES string of the molecule is Cc1cc(C)c(N2CCN(c3c(C)cc(C)cc3C)C2c2cc(C(F)(F)F)cc(C(F)(F)F)c2)c(C)c1. The summed E-state index contributed by atoms with van der Waals surface area (Å²) in [6.07, 6.45) is -10.7. The molecule has 1 saturated heterocycles. The molecule has 8 heteroatoms. The Kier molecular flexibility index (Phi) is 6.76. The molecule has 1 aliphatic rings. The Bertz CT molecular complexity index is 1200. The predicted octanol–water partition coefficient (Wildman–Crippen LogP) is 8.60. The third-order valence-corrected chi connectivity index (χ3v) is 6.93. The van der Waals surface area contributed by atoms with Crippen molar-refractivity contribution in [2.24, 2.45) is 0 Å². The number of halogens is 6. The standard InChI is InChI=1S/C29H30F6N2/c1-16-9-18(3)25(19(4)10-16)36-7-8-37(26-20(5)11-17(2)12-21(26)6)27(36)22-13-23(28(30,31)32)15-24(14-22)29(33,34)35/h9-15,27H,7-8H2,1-6H3. The zero-order valence-corrected chi connectivity index (χ0v) is 21.7. The van der Waals surface area contributed by atoms with Crippen LogP contribution in [-0.2, 0) is 12.4 Å². The van der Waals surface area contributed by atoms with Gasteiger partial charge in [0.1, 0.15) is 6.17 Å². The van der Waals surface area contributed by atoms with E-state index < -0.39 is 29.6 Å². The molecule has 37 heavy (non-hydrogen) atoms. The molecule has 0 unspecified atom stereocenters. The van der Waals surface area contributed by atoms with Crippen molar-refractivity contribution in [1.29, 1.82) is 0 Å². The van der Waals surface area contributed by atoms with Crippen LogP contribution in [0.5, 0.6) is 0 Å². The van der Waals surface area contributed by atoms with Crippen molar-refractivity contribution in [1.82, 2.24) is 0 Å². The number of nitrogens with zero attached hydrogens (tertiary/aromatic N) is 2. The van der Waals surface area contributed by atoms with Crippen LogP contribution in [0.4, 0.5) is 37.7 Å². The van der Waals surface area contributed by atoms with Crippen LogP contribution in [0.25, 0.3) is 0 Å². The van der Waals surface area contributed by atoms with E-state index in [4.69, 9.17) is 0 Å².